The quantitative estimate of drug-likeness (QED) is 0.789. The van der Waals surface area contributed by atoms with Gasteiger partial charge in [0.25, 0.3) is 0 Å². The smallest absolute Gasteiger partial charge is 0.236 e. The van der Waals surface area contributed by atoms with Gasteiger partial charge < -0.3 is 9.80 Å². The van der Waals surface area contributed by atoms with E-state index in [1.807, 2.05) is 18.7 Å². The van der Waals surface area contributed by atoms with Gasteiger partial charge in [-0.25, -0.2) is 4.39 Å². The summed E-state index contributed by atoms with van der Waals surface area (Å²) in [6.45, 7) is 8.30. The fourth-order valence-corrected chi connectivity index (χ4v) is 2.94. The maximum Gasteiger partial charge on any atom is 0.236 e. The van der Waals surface area contributed by atoms with Crippen LogP contribution in [0.15, 0.2) is 24.3 Å². The van der Waals surface area contributed by atoms with Crippen LogP contribution in [0.2, 0.25) is 0 Å². The number of hydrogen-bond donors (Lipinski definition) is 0. The zero-order valence-corrected chi connectivity index (χ0v) is 14.5. The summed E-state index contributed by atoms with van der Waals surface area (Å²) in [5.74, 6) is -0.268. The highest BCUT2D eigenvalue weighted by atomic mass is 19.1. The highest BCUT2D eigenvalue weighted by molar-refractivity contribution is 5.79. The van der Waals surface area contributed by atoms with E-state index in [0.717, 1.165) is 13.1 Å². The second-order valence-electron chi connectivity index (χ2n) is 5.99. The molecule has 0 spiro atoms. The first kappa shape index (κ1) is 18.4. The molecule has 24 heavy (non-hydrogen) atoms. The van der Waals surface area contributed by atoms with Gasteiger partial charge in [0.1, 0.15) is 5.82 Å². The van der Waals surface area contributed by atoms with Gasteiger partial charge in [0.2, 0.25) is 11.8 Å². The van der Waals surface area contributed by atoms with Gasteiger partial charge in [0.15, 0.2) is 0 Å². The Morgan fingerprint density at radius 1 is 1.08 bits per heavy atom. The van der Waals surface area contributed by atoms with Gasteiger partial charge in [0, 0.05) is 39.3 Å². The Kier molecular flexibility index (Phi) is 6.73. The largest absolute Gasteiger partial charge is 0.342 e. The fourth-order valence-electron chi connectivity index (χ4n) is 2.94. The number of nitrogens with zero attached hydrogens (tertiary/aromatic N) is 3. The molecular formula is C18H26FN3O2. The highest BCUT2D eigenvalue weighted by Gasteiger charge is 2.24. The number of carbonyl (C=O) groups is 2. The lowest BCUT2D eigenvalue weighted by Gasteiger charge is -2.35. The SMILES string of the molecule is CCN(CC)C(=O)CN1CCN(C(=O)Cc2ccccc2F)CC1. The molecule has 0 N–H and O–H groups in total. The summed E-state index contributed by atoms with van der Waals surface area (Å²) < 4.78 is 13.6. The third-order valence-electron chi connectivity index (χ3n) is 4.50. The maximum atomic E-state index is 13.6. The van der Waals surface area contributed by atoms with Crippen LogP contribution < -0.4 is 0 Å². The molecule has 1 aromatic rings. The van der Waals surface area contributed by atoms with Crippen LogP contribution in [-0.2, 0) is 16.0 Å². The topological polar surface area (TPSA) is 43.9 Å². The molecule has 2 amide bonds. The van der Waals surface area contributed by atoms with E-state index in [0.29, 0.717) is 38.3 Å². The first-order valence-electron chi connectivity index (χ1n) is 8.56. The van der Waals surface area contributed by atoms with Gasteiger partial charge in [-0.05, 0) is 25.5 Å². The van der Waals surface area contributed by atoms with Crippen LogP contribution in [0.1, 0.15) is 19.4 Å². The molecule has 5 nitrogen and oxygen atoms in total. The summed E-state index contributed by atoms with van der Waals surface area (Å²) in [5, 5.41) is 0. The molecule has 0 saturated carbocycles. The Labute approximate surface area is 143 Å². The zero-order valence-electron chi connectivity index (χ0n) is 14.5. The van der Waals surface area contributed by atoms with Gasteiger partial charge in [0.05, 0.1) is 13.0 Å². The van der Waals surface area contributed by atoms with Crippen molar-refractivity contribution < 1.29 is 14.0 Å². The van der Waals surface area contributed by atoms with E-state index in [9.17, 15) is 14.0 Å². The van der Waals surface area contributed by atoms with Crippen LogP contribution in [0.3, 0.4) is 0 Å². The van der Waals surface area contributed by atoms with Crippen molar-refractivity contribution in [3.63, 3.8) is 0 Å². The Bertz CT molecular complexity index is 567. The first-order chi connectivity index (χ1) is 11.5. The van der Waals surface area contributed by atoms with Gasteiger partial charge in [-0.15, -0.1) is 0 Å². The Balaban J connectivity index is 1.81. The molecule has 1 fully saturated rings. The molecule has 1 aliphatic rings. The van der Waals surface area contributed by atoms with Crippen molar-refractivity contribution >= 4 is 11.8 Å². The standard InChI is InChI=1S/C18H26FN3O2/c1-3-21(4-2)18(24)14-20-9-11-22(12-10-20)17(23)13-15-7-5-6-8-16(15)19/h5-8H,3-4,9-14H2,1-2H3. The summed E-state index contributed by atoms with van der Waals surface area (Å²) in [7, 11) is 0. The Morgan fingerprint density at radius 2 is 1.71 bits per heavy atom. The van der Waals surface area contributed by atoms with Gasteiger partial charge in [-0.1, -0.05) is 18.2 Å². The molecule has 1 aliphatic heterocycles. The van der Waals surface area contributed by atoms with E-state index in [1.165, 1.54) is 6.07 Å². The van der Waals surface area contributed by atoms with E-state index >= 15 is 0 Å². The van der Waals surface area contributed by atoms with Crippen molar-refractivity contribution in [2.24, 2.45) is 0 Å². The number of carbonyl (C=O) groups excluding carboxylic acids is 2. The molecule has 1 saturated heterocycles. The maximum absolute atomic E-state index is 13.6. The molecule has 0 aliphatic carbocycles. The highest BCUT2D eigenvalue weighted by Crippen LogP contribution is 2.10. The Hall–Kier alpha value is -1.95. The van der Waals surface area contributed by atoms with Crippen molar-refractivity contribution in [1.82, 2.24) is 14.7 Å². The molecule has 6 heteroatoms. The predicted octanol–water partition coefficient (Wildman–Crippen LogP) is 1.38. The summed E-state index contributed by atoms with van der Waals surface area (Å²) in [5.41, 5.74) is 0.432. The summed E-state index contributed by atoms with van der Waals surface area (Å²) >= 11 is 0. The molecule has 0 radical (unpaired) electrons. The molecule has 0 unspecified atom stereocenters. The lowest BCUT2D eigenvalue weighted by molar-refractivity contribution is -0.134. The number of halogens is 1. The minimum Gasteiger partial charge on any atom is -0.342 e. The molecule has 2 rings (SSSR count). The number of benzene rings is 1. The lowest BCUT2D eigenvalue weighted by atomic mass is 10.1. The van der Waals surface area contributed by atoms with Gasteiger partial charge in [-0.3, -0.25) is 14.5 Å². The van der Waals surface area contributed by atoms with E-state index in [2.05, 4.69) is 4.90 Å². The predicted molar refractivity (Wildman–Crippen MR) is 91.1 cm³/mol. The van der Waals surface area contributed by atoms with Crippen LogP contribution in [0.5, 0.6) is 0 Å². The summed E-state index contributed by atoms with van der Waals surface area (Å²) in [6.07, 6.45) is 0.0883. The number of amides is 2. The van der Waals surface area contributed by atoms with Crippen LogP contribution in [0.25, 0.3) is 0 Å². The molecular weight excluding hydrogens is 309 g/mol. The average Bonchev–Trinajstić information content (AvgIpc) is 2.58. The molecule has 1 heterocycles. The number of rotatable bonds is 6. The third-order valence-corrected chi connectivity index (χ3v) is 4.50. The monoisotopic (exact) mass is 335 g/mol. The van der Waals surface area contributed by atoms with Crippen molar-refractivity contribution in [2.75, 3.05) is 45.8 Å². The third kappa shape index (κ3) is 4.77. The van der Waals surface area contributed by atoms with E-state index < -0.39 is 0 Å². The molecule has 0 atom stereocenters. The zero-order chi connectivity index (χ0) is 17.5. The average molecular weight is 335 g/mol. The van der Waals surface area contributed by atoms with Gasteiger partial charge >= 0.3 is 0 Å². The van der Waals surface area contributed by atoms with Gasteiger partial charge in [-0.2, -0.15) is 0 Å². The Morgan fingerprint density at radius 3 is 2.29 bits per heavy atom. The van der Waals surface area contributed by atoms with Crippen LogP contribution in [0.4, 0.5) is 4.39 Å². The first-order valence-corrected chi connectivity index (χ1v) is 8.56. The van der Waals surface area contributed by atoms with Crippen LogP contribution in [0, 0.1) is 5.82 Å². The number of likely N-dealkylation sites (N-methyl/N-ethyl adjacent to an activating group) is 1. The molecule has 0 aromatic heterocycles. The molecule has 0 bridgehead atoms. The summed E-state index contributed by atoms with van der Waals surface area (Å²) in [4.78, 5) is 30.1. The second-order valence-corrected chi connectivity index (χ2v) is 5.99. The number of hydrogen-bond acceptors (Lipinski definition) is 3. The number of piperazine rings is 1. The molecule has 132 valence electrons. The van der Waals surface area contributed by atoms with Crippen molar-refractivity contribution in [3.05, 3.63) is 35.6 Å². The van der Waals surface area contributed by atoms with Crippen molar-refractivity contribution in [1.29, 1.82) is 0 Å². The van der Waals surface area contributed by atoms with Crippen molar-refractivity contribution in [2.45, 2.75) is 20.3 Å². The summed E-state index contributed by atoms with van der Waals surface area (Å²) in [6, 6.07) is 6.38. The second kappa shape index (κ2) is 8.78. The van der Waals surface area contributed by atoms with E-state index in [-0.39, 0.29) is 24.1 Å². The van der Waals surface area contributed by atoms with E-state index in [4.69, 9.17) is 0 Å². The molecule has 1 aromatic carbocycles. The van der Waals surface area contributed by atoms with Crippen LogP contribution in [-0.4, -0.2) is 72.3 Å². The normalized spacial score (nSPS) is 15.4. The van der Waals surface area contributed by atoms with Crippen LogP contribution >= 0.6 is 0 Å². The lowest BCUT2D eigenvalue weighted by Crippen LogP contribution is -2.51. The fraction of sp³-hybridized carbons (Fsp3) is 0.556. The van der Waals surface area contributed by atoms with Crippen molar-refractivity contribution in [3.8, 4) is 0 Å². The minimum absolute atomic E-state index is 0.0604. The minimum atomic E-state index is -0.339. The van der Waals surface area contributed by atoms with E-state index in [1.54, 1.807) is 23.1 Å².